The molecule has 1 unspecified atom stereocenters. The molecule has 2 aromatic rings. The van der Waals surface area contributed by atoms with E-state index in [4.69, 9.17) is 5.73 Å². The standard InChI is InChI=1S/C14H18N4S/c1-10(19-2)9-16-13-8-12(15)17-14(18-13)11-6-4-3-5-7-11/h3-8,10H,9H2,1-2H3,(H3,15,16,17,18). The Kier molecular flexibility index (Phi) is 4.63. The smallest absolute Gasteiger partial charge is 0.163 e. The number of hydrogen-bond acceptors (Lipinski definition) is 5. The zero-order valence-corrected chi connectivity index (χ0v) is 11.9. The summed E-state index contributed by atoms with van der Waals surface area (Å²) in [6, 6.07) is 11.6. The number of anilines is 2. The fraction of sp³-hybridized carbons (Fsp3) is 0.286. The zero-order valence-electron chi connectivity index (χ0n) is 11.1. The summed E-state index contributed by atoms with van der Waals surface area (Å²) in [5.74, 6) is 1.90. The van der Waals surface area contributed by atoms with Crippen LogP contribution in [0.3, 0.4) is 0 Å². The Morgan fingerprint density at radius 1 is 1.26 bits per heavy atom. The molecule has 0 aliphatic carbocycles. The molecule has 0 fully saturated rings. The second kappa shape index (κ2) is 6.43. The van der Waals surface area contributed by atoms with Gasteiger partial charge in [0, 0.05) is 23.4 Å². The van der Waals surface area contributed by atoms with Crippen molar-refractivity contribution in [3.63, 3.8) is 0 Å². The molecular formula is C14H18N4S. The molecule has 2 rings (SSSR count). The molecule has 1 aromatic heterocycles. The molecule has 3 N–H and O–H groups in total. The van der Waals surface area contributed by atoms with Crippen LogP contribution in [0.4, 0.5) is 11.6 Å². The average molecular weight is 274 g/mol. The Bertz CT molecular complexity index is 530. The van der Waals surface area contributed by atoms with Crippen LogP contribution < -0.4 is 11.1 Å². The lowest BCUT2D eigenvalue weighted by Gasteiger charge is -2.11. The van der Waals surface area contributed by atoms with E-state index in [0.717, 1.165) is 17.9 Å². The number of nitrogens with one attached hydrogen (secondary N) is 1. The molecule has 4 nitrogen and oxygen atoms in total. The Morgan fingerprint density at radius 2 is 2.00 bits per heavy atom. The first-order chi connectivity index (χ1) is 9.19. The molecule has 0 aliphatic heterocycles. The minimum atomic E-state index is 0.480. The van der Waals surface area contributed by atoms with Crippen LogP contribution in [0.2, 0.25) is 0 Å². The monoisotopic (exact) mass is 274 g/mol. The molecule has 19 heavy (non-hydrogen) atoms. The first-order valence-corrected chi connectivity index (χ1v) is 7.44. The fourth-order valence-electron chi connectivity index (χ4n) is 1.60. The van der Waals surface area contributed by atoms with Crippen LogP contribution in [-0.2, 0) is 0 Å². The Hall–Kier alpha value is -1.75. The van der Waals surface area contributed by atoms with Gasteiger partial charge >= 0.3 is 0 Å². The molecule has 1 atom stereocenters. The van der Waals surface area contributed by atoms with Gasteiger partial charge in [0.2, 0.25) is 0 Å². The zero-order chi connectivity index (χ0) is 13.7. The van der Waals surface area contributed by atoms with Gasteiger partial charge in [-0.05, 0) is 6.26 Å². The van der Waals surface area contributed by atoms with Crippen LogP contribution in [-0.4, -0.2) is 28.0 Å². The van der Waals surface area contributed by atoms with E-state index in [1.54, 1.807) is 6.07 Å². The van der Waals surface area contributed by atoms with Gasteiger partial charge in [-0.15, -0.1) is 0 Å². The predicted molar refractivity (Wildman–Crippen MR) is 83.3 cm³/mol. The van der Waals surface area contributed by atoms with Gasteiger partial charge in [0.05, 0.1) is 0 Å². The minimum Gasteiger partial charge on any atom is -0.384 e. The molecule has 0 saturated heterocycles. The van der Waals surface area contributed by atoms with E-state index >= 15 is 0 Å². The van der Waals surface area contributed by atoms with Crippen molar-refractivity contribution < 1.29 is 0 Å². The van der Waals surface area contributed by atoms with Crippen LogP contribution in [0.25, 0.3) is 11.4 Å². The third kappa shape index (κ3) is 3.86. The number of aromatic nitrogens is 2. The highest BCUT2D eigenvalue weighted by Gasteiger charge is 2.06. The second-order valence-electron chi connectivity index (χ2n) is 4.29. The molecule has 1 heterocycles. The summed E-state index contributed by atoms with van der Waals surface area (Å²) in [6.45, 7) is 3.02. The molecule has 0 bridgehead atoms. The second-order valence-corrected chi connectivity index (χ2v) is 5.57. The van der Waals surface area contributed by atoms with Gasteiger partial charge in [-0.25, -0.2) is 9.97 Å². The van der Waals surface area contributed by atoms with Crippen molar-refractivity contribution in [2.75, 3.05) is 23.9 Å². The van der Waals surface area contributed by atoms with Gasteiger partial charge in [0.1, 0.15) is 11.6 Å². The van der Waals surface area contributed by atoms with Gasteiger partial charge in [0.15, 0.2) is 5.82 Å². The maximum atomic E-state index is 5.84. The maximum Gasteiger partial charge on any atom is 0.163 e. The van der Waals surface area contributed by atoms with Crippen LogP contribution in [0, 0.1) is 0 Å². The third-order valence-corrected chi connectivity index (χ3v) is 3.72. The minimum absolute atomic E-state index is 0.480. The predicted octanol–water partition coefficient (Wildman–Crippen LogP) is 2.89. The molecule has 1 aromatic carbocycles. The van der Waals surface area contributed by atoms with Crippen molar-refractivity contribution in [2.24, 2.45) is 0 Å². The first-order valence-electron chi connectivity index (χ1n) is 6.15. The number of benzene rings is 1. The molecule has 0 amide bonds. The summed E-state index contributed by atoms with van der Waals surface area (Å²) in [4.78, 5) is 8.77. The van der Waals surface area contributed by atoms with E-state index in [2.05, 4.69) is 28.5 Å². The lowest BCUT2D eigenvalue weighted by atomic mass is 10.2. The number of rotatable bonds is 5. The first kappa shape index (κ1) is 13.7. The number of nitrogens with zero attached hydrogens (tertiary/aromatic N) is 2. The fourth-order valence-corrected chi connectivity index (χ4v) is 1.85. The van der Waals surface area contributed by atoms with Gasteiger partial charge in [-0.3, -0.25) is 0 Å². The highest BCUT2D eigenvalue weighted by molar-refractivity contribution is 7.99. The number of nitrogen functional groups attached to an aromatic ring is 1. The van der Waals surface area contributed by atoms with Crippen molar-refractivity contribution in [3.05, 3.63) is 36.4 Å². The Balaban J connectivity index is 2.20. The summed E-state index contributed by atoms with van der Waals surface area (Å²) in [5.41, 5.74) is 6.81. The van der Waals surface area contributed by atoms with Gasteiger partial charge in [0.25, 0.3) is 0 Å². The Morgan fingerprint density at radius 3 is 2.68 bits per heavy atom. The normalized spacial score (nSPS) is 12.1. The average Bonchev–Trinajstić information content (AvgIpc) is 2.45. The van der Waals surface area contributed by atoms with Crippen LogP contribution in [0.1, 0.15) is 6.92 Å². The summed E-state index contributed by atoms with van der Waals surface area (Å²) < 4.78 is 0. The lowest BCUT2D eigenvalue weighted by Crippen LogP contribution is -2.14. The van der Waals surface area contributed by atoms with E-state index in [0.29, 0.717) is 16.9 Å². The molecule has 0 radical (unpaired) electrons. The van der Waals surface area contributed by atoms with Crippen molar-refractivity contribution in [2.45, 2.75) is 12.2 Å². The maximum absolute atomic E-state index is 5.84. The third-order valence-electron chi connectivity index (χ3n) is 2.75. The number of nitrogens with two attached hydrogens (primary N) is 1. The van der Waals surface area contributed by atoms with Crippen LogP contribution in [0.15, 0.2) is 36.4 Å². The summed E-state index contributed by atoms with van der Waals surface area (Å²) in [7, 11) is 0. The summed E-state index contributed by atoms with van der Waals surface area (Å²) in [5, 5.41) is 3.82. The number of hydrogen-bond donors (Lipinski definition) is 2. The molecule has 5 heteroatoms. The van der Waals surface area contributed by atoms with E-state index in [1.165, 1.54) is 0 Å². The molecule has 0 spiro atoms. The molecule has 0 saturated carbocycles. The SMILES string of the molecule is CSC(C)CNc1cc(N)nc(-c2ccccc2)n1. The van der Waals surface area contributed by atoms with Crippen molar-refractivity contribution in [1.82, 2.24) is 9.97 Å². The van der Waals surface area contributed by atoms with E-state index in [9.17, 15) is 0 Å². The van der Waals surface area contributed by atoms with Crippen molar-refractivity contribution in [3.8, 4) is 11.4 Å². The molecule has 0 aliphatic rings. The van der Waals surface area contributed by atoms with Crippen LogP contribution in [0.5, 0.6) is 0 Å². The van der Waals surface area contributed by atoms with Gasteiger partial charge < -0.3 is 11.1 Å². The number of thioether (sulfide) groups is 1. The quantitative estimate of drug-likeness (QED) is 0.877. The Labute approximate surface area is 117 Å². The summed E-state index contributed by atoms with van der Waals surface area (Å²) >= 11 is 1.81. The summed E-state index contributed by atoms with van der Waals surface area (Å²) in [6.07, 6.45) is 2.09. The largest absolute Gasteiger partial charge is 0.384 e. The van der Waals surface area contributed by atoms with E-state index < -0.39 is 0 Å². The lowest BCUT2D eigenvalue weighted by molar-refractivity contribution is 0.988. The highest BCUT2D eigenvalue weighted by Crippen LogP contribution is 2.19. The topological polar surface area (TPSA) is 63.8 Å². The van der Waals surface area contributed by atoms with Gasteiger partial charge in [-0.2, -0.15) is 11.8 Å². The van der Waals surface area contributed by atoms with Crippen molar-refractivity contribution in [1.29, 1.82) is 0 Å². The van der Waals surface area contributed by atoms with E-state index in [1.807, 2.05) is 42.1 Å². The van der Waals surface area contributed by atoms with Crippen molar-refractivity contribution >= 4 is 23.4 Å². The molecular weight excluding hydrogens is 256 g/mol. The van der Waals surface area contributed by atoms with Gasteiger partial charge in [-0.1, -0.05) is 37.3 Å². The molecule has 100 valence electrons. The van der Waals surface area contributed by atoms with E-state index in [-0.39, 0.29) is 0 Å². The van der Waals surface area contributed by atoms with Crippen LogP contribution >= 0.6 is 11.8 Å². The highest BCUT2D eigenvalue weighted by atomic mass is 32.2.